The van der Waals surface area contributed by atoms with E-state index in [2.05, 4.69) is 5.32 Å². The Labute approximate surface area is 210 Å². The summed E-state index contributed by atoms with van der Waals surface area (Å²) >= 11 is 0. The maximum absolute atomic E-state index is 13.3. The second-order valence-electron chi connectivity index (χ2n) is 8.66. The fraction of sp³-hybridized carbons (Fsp3) is 0.320. The molecule has 12 heteroatoms. The molecular formula is C25H22F3N3O5S. The Balaban J connectivity index is 1.90. The number of ketones is 1. The van der Waals surface area contributed by atoms with Crippen LogP contribution in [0.4, 0.5) is 23.7 Å². The van der Waals surface area contributed by atoms with Crippen LogP contribution in [-0.4, -0.2) is 37.7 Å². The molecule has 8 nitrogen and oxygen atoms in total. The van der Waals surface area contributed by atoms with Crippen LogP contribution >= 0.6 is 0 Å². The number of Topliss-reactive ketones (excluding diaryl/α,β-unsaturated/α-hetero) is 1. The number of anilines is 1. The molecule has 0 radical (unpaired) electrons. The molecule has 37 heavy (non-hydrogen) atoms. The van der Waals surface area contributed by atoms with Gasteiger partial charge in [-0.05, 0) is 55.2 Å². The van der Waals surface area contributed by atoms with Crippen LogP contribution in [0.2, 0.25) is 0 Å². The zero-order valence-electron chi connectivity index (χ0n) is 19.4. The van der Waals surface area contributed by atoms with Gasteiger partial charge >= 0.3 is 12.2 Å². The Morgan fingerprint density at radius 1 is 1.14 bits per heavy atom. The van der Waals surface area contributed by atoms with Crippen LogP contribution in [0.3, 0.4) is 0 Å². The van der Waals surface area contributed by atoms with E-state index in [9.17, 15) is 36.4 Å². The number of allylic oxidation sites excluding steroid dienone is 1. The maximum atomic E-state index is 13.3. The molecule has 0 saturated carbocycles. The van der Waals surface area contributed by atoms with Gasteiger partial charge in [-0.3, -0.25) is 9.69 Å². The molecule has 194 valence electrons. The zero-order chi connectivity index (χ0) is 27.0. The largest absolute Gasteiger partial charge is 0.416 e. The Morgan fingerprint density at radius 3 is 2.57 bits per heavy atom. The number of nitriles is 1. The highest BCUT2D eigenvalue weighted by atomic mass is 32.2. The van der Waals surface area contributed by atoms with Crippen LogP contribution in [0.25, 0.3) is 0 Å². The van der Waals surface area contributed by atoms with Crippen molar-refractivity contribution in [3.63, 3.8) is 0 Å². The Morgan fingerprint density at radius 2 is 1.89 bits per heavy atom. The van der Waals surface area contributed by atoms with E-state index in [4.69, 9.17) is 5.11 Å². The van der Waals surface area contributed by atoms with E-state index in [1.165, 1.54) is 18.2 Å². The Bertz CT molecular complexity index is 1440. The third-order valence-corrected chi connectivity index (χ3v) is 8.10. The smallest absolute Gasteiger partial charge is 0.396 e. The van der Waals surface area contributed by atoms with E-state index in [-0.39, 0.29) is 64.6 Å². The minimum absolute atomic E-state index is 0.0447. The van der Waals surface area contributed by atoms with Gasteiger partial charge in [0.1, 0.15) is 0 Å². The first kappa shape index (κ1) is 26.4. The number of aliphatic hydroxyl groups excluding tert-OH is 1. The van der Waals surface area contributed by atoms with Gasteiger partial charge in [0.2, 0.25) is 0 Å². The summed E-state index contributed by atoms with van der Waals surface area (Å²) in [4.78, 5) is 27.2. The molecule has 2 aromatic carbocycles. The highest BCUT2D eigenvalue weighted by Crippen LogP contribution is 2.42. The van der Waals surface area contributed by atoms with Crippen molar-refractivity contribution in [2.24, 2.45) is 0 Å². The third kappa shape index (κ3) is 5.10. The minimum atomic E-state index is -4.65. The Hall–Kier alpha value is -3.69. The molecular weight excluding hydrogens is 511 g/mol. The lowest BCUT2D eigenvalue weighted by atomic mass is 9.84. The van der Waals surface area contributed by atoms with Crippen LogP contribution in [-0.2, 0) is 20.8 Å². The molecule has 2 N–H and O–H groups in total. The van der Waals surface area contributed by atoms with E-state index in [0.717, 1.165) is 29.2 Å². The number of alkyl halides is 3. The van der Waals surface area contributed by atoms with Crippen molar-refractivity contribution in [3.05, 3.63) is 70.4 Å². The summed E-state index contributed by atoms with van der Waals surface area (Å²) in [5, 5.41) is 21.0. The number of hydrogen-bond acceptors (Lipinski definition) is 6. The van der Waals surface area contributed by atoms with Gasteiger partial charge in [-0.1, -0.05) is 12.1 Å². The first-order valence-electron chi connectivity index (χ1n) is 11.4. The number of nitrogens with zero attached hydrogens (tertiary/aromatic N) is 2. The summed E-state index contributed by atoms with van der Waals surface area (Å²) in [5.74, 6) is -0.797. The quantitative estimate of drug-likeness (QED) is 0.578. The summed E-state index contributed by atoms with van der Waals surface area (Å²) < 4.78 is 66.2. The van der Waals surface area contributed by atoms with Crippen molar-refractivity contribution in [1.82, 2.24) is 5.32 Å². The van der Waals surface area contributed by atoms with Gasteiger partial charge in [0.15, 0.2) is 15.6 Å². The highest BCUT2D eigenvalue weighted by Gasteiger charge is 2.42. The van der Waals surface area contributed by atoms with Crippen LogP contribution in [0.1, 0.15) is 48.4 Å². The number of carbonyl (C=O) groups is 2. The number of urea groups is 1. The second-order valence-corrected chi connectivity index (χ2v) is 10.7. The lowest BCUT2D eigenvalue weighted by Crippen LogP contribution is -2.49. The first-order chi connectivity index (χ1) is 17.5. The minimum Gasteiger partial charge on any atom is -0.396 e. The van der Waals surface area contributed by atoms with Gasteiger partial charge in [-0.15, -0.1) is 0 Å². The van der Waals surface area contributed by atoms with Gasteiger partial charge < -0.3 is 10.4 Å². The van der Waals surface area contributed by atoms with E-state index >= 15 is 0 Å². The number of carbonyl (C=O) groups excluding carboxylic acids is 2. The van der Waals surface area contributed by atoms with E-state index in [1.807, 2.05) is 6.07 Å². The molecule has 0 fully saturated rings. The summed E-state index contributed by atoms with van der Waals surface area (Å²) in [6, 6.07) is 7.89. The summed E-state index contributed by atoms with van der Waals surface area (Å²) in [5.41, 5.74) is -0.643. The average Bonchev–Trinajstić information content (AvgIpc) is 2.86. The van der Waals surface area contributed by atoms with Crippen molar-refractivity contribution >= 4 is 27.3 Å². The molecule has 1 heterocycles. The van der Waals surface area contributed by atoms with Gasteiger partial charge in [0.05, 0.1) is 39.6 Å². The fourth-order valence-corrected chi connectivity index (χ4v) is 6.17. The number of nitrogens with one attached hydrogen (secondary N) is 1. The first-order valence-corrected chi connectivity index (χ1v) is 13.0. The van der Waals surface area contributed by atoms with Crippen molar-refractivity contribution < 1.29 is 36.3 Å². The molecule has 1 atom stereocenters. The normalized spacial score (nSPS) is 18.4. The van der Waals surface area contributed by atoms with Crippen molar-refractivity contribution in [2.45, 2.75) is 42.8 Å². The molecule has 1 aliphatic carbocycles. The molecule has 2 aromatic rings. The number of hydrogen-bond donors (Lipinski definition) is 2. The summed E-state index contributed by atoms with van der Waals surface area (Å²) in [6.45, 7) is -0.383. The van der Waals surface area contributed by atoms with Gasteiger partial charge in [-0.25, -0.2) is 13.2 Å². The molecule has 2 amide bonds. The lowest BCUT2D eigenvalue weighted by Gasteiger charge is -2.39. The van der Waals surface area contributed by atoms with E-state index in [0.29, 0.717) is 6.42 Å². The number of sulfone groups is 1. The molecule has 0 aromatic heterocycles. The molecule has 4 rings (SSSR count). The number of benzene rings is 2. The molecule has 2 aliphatic rings. The fourth-order valence-electron chi connectivity index (χ4n) is 4.59. The van der Waals surface area contributed by atoms with Crippen LogP contribution in [0, 0.1) is 11.3 Å². The van der Waals surface area contributed by atoms with Gasteiger partial charge in [0, 0.05) is 24.3 Å². The zero-order valence-corrected chi connectivity index (χ0v) is 20.2. The van der Waals surface area contributed by atoms with Crippen molar-refractivity contribution in [2.75, 3.05) is 17.3 Å². The topological polar surface area (TPSA) is 128 Å². The summed E-state index contributed by atoms with van der Waals surface area (Å²) in [6.07, 6.45) is -4.02. The summed E-state index contributed by atoms with van der Waals surface area (Å²) in [7, 11) is -4.03. The highest BCUT2D eigenvalue weighted by molar-refractivity contribution is 7.91. The standard InChI is InChI=1S/C25H22F3N3O5S/c26-25(27,28)16-4-1-5-17(13-16)31-19-6-2-7-20(33)22(19)23(30-24(31)34)18-9-8-15(14-29)12-21(18)37(35,36)11-3-10-32/h1,4-5,8-9,12-13,23,32H,2-3,6-7,10-11H2,(H,30,34). The van der Waals surface area contributed by atoms with Crippen LogP contribution in [0.5, 0.6) is 0 Å². The number of halogens is 3. The van der Waals surface area contributed by atoms with Crippen LogP contribution in [0.15, 0.2) is 58.6 Å². The van der Waals surface area contributed by atoms with Gasteiger partial charge in [-0.2, -0.15) is 18.4 Å². The van der Waals surface area contributed by atoms with Gasteiger partial charge in [0.25, 0.3) is 0 Å². The SMILES string of the molecule is N#Cc1ccc(C2NC(=O)N(c3cccc(C(F)(F)F)c3)C3=C2C(=O)CCC3)c(S(=O)(=O)CCCO)c1. The molecule has 0 bridgehead atoms. The van der Waals surface area contributed by atoms with Crippen molar-refractivity contribution in [3.8, 4) is 6.07 Å². The molecule has 1 aliphatic heterocycles. The molecule has 0 spiro atoms. The monoisotopic (exact) mass is 533 g/mol. The number of amides is 2. The number of rotatable bonds is 6. The van der Waals surface area contributed by atoms with Crippen LogP contribution < -0.4 is 10.2 Å². The molecule has 0 saturated heterocycles. The Kier molecular flexibility index (Phi) is 7.12. The number of aliphatic hydroxyl groups is 1. The predicted octanol–water partition coefficient (Wildman–Crippen LogP) is 4.01. The maximum Gasteiger partial charge on any atom is 0.416 e. The predicted molar refractivity (Wildman–Crippen MR) is 126 cm³/mol. The van der Waals surface area contributed by atoms with E-state index in [1.54, 1.807) is 0 Å². The average molecular weight is 534 g/mol. The third-order valence-electron chi connectivity index (χ3n) is 6.25. The van der Waals surface area contributed by atoms with E-state index < -0.39 is 39.4 Å². The second kappa shape index (κ2) is 9.99. The molecule has 1 unspecified atom stereocenters. The van der Waals surface area contributed by atoms with Crippen molar-refractivity contribution in [1.29, 1.82) is 5.26 Å². The lowest BCUT2D eigenvalue weighted by molar-refractivity contribution is -0.137.